The Morgan fingerprint density at radius 1 is 1.09 bits per heavy atom. The third kappa shape index (κ3) is 5.37. The minimum Gasteiger partial charge on any atom is -0.496 e. The Bertz CT molecular complexity index is 1520. The summed E-state index contributed by atoms with van der Waals surface area (Å²) in [5.41, 5.74) is 7.82. The first-order valence-electron chi connectivity index (χ1n) is 10.6. The minimum absolute atomic E-state index is 0.0786. The van der Waals surface area contributed by atoms with Gasteiger partial charge in [-0.3, -0.25) is 14.2 Å². The van der Waals surface area contributed by atoms with Crippen LogP contribution in [0, 0.1) is 0 Å². The van der Waals surface area contributed by atoms with E-state index in [4.69, 9.17) is 33.7 Å². The van der Waals surface area contributed by atoms with Crippen molar-refractivity contribution < 1.29 is 17.9 Å². The topological polar surface area (TPSA) is 116 Å². The molecule has 4 aromatic rings. The summed E-state index contributed by atoms with van der Waals surface area (Å²) in [6.45, 7) is 0.355. The molecule has 0 unspecified atom stereocenters. The van der Waals surface area contributed by atoms with E-state index in [1.54, 1.807) is 16.8 Å². The molecule has 0 saturated heterocycles. The summed E-state index contributed by atoms with van der Waals surface area (Å²) in [6.07, 6.45) is 0.783. The lowest BCUT2D eigenvalue weighted by molar-refractivity contribution is -0.117. The summed E-state index contributed by atoms with van der Waals surface area (Å²) in [5, 5.41) is 5.10. The number of carbonyl (C=O) groups is 1. The number of amides is 1. The number of methoxy groups -OCH3 is 1. The summed E-state index contributed by atoms with van der Waals surface area (Å²) in [4.78, 5) is 11.0. The number of carbonyl (C=O) groups excluding carboxylic acids is 1. The van der Waals surface area contributed by atoms with Crippen LogP contribution in [-0.4, -0.2) is 31.2 Å². The molecule has 0 saturated carbocycles. The van der Waals surface area contributed by atoms with Crippen molar-refractivity contribution in [1.82, 2.24) is 9.78 Å². The van der Waals surface area contributed by atoms with Crippen molar-refractivity contribution in [2.24, 2.45) is 5.73 Å². The first-order chi connectivity index (χ1) is 16.7. The highest BCUT2D eigenvalue weighted by Crippen LogP contribution is 2.35. The van der Waals surface area contributed by atoms with Crippen molar-refractivity contribution in [3.05, 3.63) is 81.8 Å². The molecule has 0 aliphatic rings. The molecule has 3 N–H and O–H groups in total. The number of hydrogen-bond acceptors (Lipinski definition) is 5. The Labute approximate surface area is 212 Å². The number of fused-ring (bicyclic) bond motifs is 1. The molecule has 1 aromatic heterocycles. The molecule has 0 fully saturated rings. The maximum absolute atomic E-state index is 13.2. The van der Waals surface area contributed by atoms with E-state index in [-0.39, 0.29) is 33.1 Å². The number of nitrogens with two attached hydrogens (primary N) is 1. The zero-order valence-corrected chi connectivity index (χ0v) is 21.0. The van der Waals surface area contributed by atoms with Crippen LogP contribution in [-0.2, 0) is 27.8 Å². The predicted molar refractivity (Wildman–Crippen MR) is 137 cm³/mol. The van der Waals surface area contributed by atoms with E-state index in [2.05, 4.69) is 9.82 Å². The van der Waals surface area contributed by atoms with Crippen LogP contribution < -0.4 is 15.2 Å². The number of primary amides is 1. The molecule has 8 nitrogen and oxygen atoms in total. The number of nitrogens with zero attached hydrogens (tertiary/aromatic N) is 2. The van der Waals surface area contributed by atoms with Crippen LogP contribution in [0.25, 0.3) is 10.9 Å². The standard InChI is InChI=1S/C24H22Cl2N4O4S/c1-34-19-9-4-8-18-22(19)24(29-35(32,33)20-10-3-7-17(25)23(20)26)28-30(18)14-16-6-2-5-15(13-16)11-12-21(27)31/h2-10,13H,11-12,14H2,1H3,(H2,27,31)(H,28,29). The fourth-order valence-electron chi connectivity index (χ4n) is 3.76. The quantitative estimate of drug-likeness (QED) is 0.326. The van der Waals surface area contributed by atoms with Crippen LogP contribution in [0.15, 0.2) is 65.6 Å². The number of hydrogen-bond donors (Lipinski definition) is 2. The van der Waals surface area contributed by atoms with Gasteiger partial charge in [-0.25, -0.2) is 8.42 Å². The number of sulfonamides is 1. The molecule has 1 heterocycles. The number of benzene rings is 3. The maximum atomic E-state index is 13.2. The lowest BCUT2D eigenvalue weighted by Crippen LogP contribution is -2.14. The second kappa shape index (κ2) is 10.2. The molecule has 182 valence electrons. The first-order valence-corrected chi connectivity index (χ1v) is 12.8. The molecule has 11 heteroatoms. The zero-order chi connectivity index (χ0) is 25.2. The SMILES string of the molecule is COc1cccc2c1c(NS(=O)(=O)c1cccc(Cl)c1Cl)nn2Cc1cccc(CCC(N)=O)c1. The van der Waals surface area contributed by atoms with Crippen molar-refractivity contribution >= 4 is 55.9 Å². The fourth-order valence-corrected chi connectivity index (χ4v) is 5.53. The van der Waals surface area contributed by atoms with Gasteiger partial charge in [-0.2, -0.15) is 5.10 Å². The lowest BCUT2D eigenvalue weighted by Gasteiger charge is -2.09. The van der Waals surface area contributed by atoms with Crippen LogP contribution in [0.4, 0.5) is 5.82 Å². The van der Waals surface area contributed by atoms with Gasteiger partial charge in [0.05, 0.1) is 34.6 Å². The second-order valence-electron chi connectivity index (χ2n) is 7.80. The van der Waals surface area contributed by atoms with Gasteiger partial charge in [0.1, 0.15) is 10.6 Å². The van der Waals surface area contributed by atoms with Crippen LogP contribution in [0.2, 0.25) is 10.0 Å². The molecule has 0 aliphatic heterocycles. The Kier molecular flexibility index (Phi) is 7.20. The number of anilines is 1. The second-order valence-corrected chi connectivity index (χ2v) is 10.2. The Morgan fingerprint density at radius 2 is 1.80 bits per heavy atom. The Hall–Kier alpha value is -3.27. The number of aromatic nitrogens is 2. The zero-order valence-electron chi connectivity index (χ0n) is 18.7. The Morgan fingerprint density at radius 3 is 2.54 bits per heavy atom. The van der Waals surface area contributed by atoms with Gasteiger partial charge >= 0.3 is 0 Å². The number of halogens is 2. The summed E-state index contributed by atoms with van der Waals surface area (Å²) < 4.78 is 36.1. The number of nitrogens with one attached hydrogen (secondary N) is 1. The smallest absolute Gasteiger partial charge is 0.264 e. The van der Waals surface area contributed by atoms with E-state index in [1.807, 2.05) is 30.3 Å². The number of aryl methyl sites for hydroxylation is 1. The van der Waals surface area contributed by atoms with Crippen molar-refractivity contribution in [3.8, 4) is 5.75 Å². The molecule has 0 bridgehead atoms. The highest BCUT2D eigenvalue weighted by atomic mass is 35.5. The largest absolute Gasteiger partial charge is 0.496 e. The first kappa shape index (κ1) is 24.8. The number of rotatable bonds is 9. The normalized spacial score (nSPS) is 11.5. The fraction of sp³-hybridized carbons (Fsp3) is 0.167. The van der Waals surface area contributed by atoms with E-state index < -0.39 is 10.0 Å². The van der Waals surface area contributed by atoms with Gasteiger partial charge in [0.15, 0.2) is 5.82 Å². The van der Waals surface area contributed by atoms with Crippen molar-refractivity contribution in [2.45, 2.75) is 24.3 Å². The average molecular weight is 533 g/mol. The molecule has 0 spiro atoms. The van der Waals surface area contributed by atoms with Crippen molar-refractivity contribution in [1.29, 1.82) is 0 Å². The molecular formula is C24H22Cl2N4O4S. The summed E-state index contributed by atoms with van der Waals surface area (Å²) >= 11 is 12.2. The summed E-state index contributed by atoms with van der Waals surface area (Å²) in [6, 6.07) is 17.4. The van der Waals surface area contributed by atoms with E-state index >= 15 is 0 Å². The molecule has 0 radical (unpaired) electrons. The molecule has 35 heavy (non-hydrogen) atoms. The highest BCUT2D eigenvalue weighted by Gasteiger charge is 2.24. The van der Waals surface area contributed by atoms with E-state index in [9.17, 15) is 13.2 Å². The summed E-state index contributed by atoms with van der Waals surface area (Å²) in [5.74, 6) is 0.189. The molecule has 0 aliphatic carbocycles. The minimum atomic E-state index is -4.11. The molecule has 1 amide bonds. The van der Waals surface area contributed by atoms with E-state index in [0.29, 0.717) is 29.6 Å². The van der Waals surface area contributed by atoms with Gasteiger partial charge in [-0.05, 0) is 41.8 Å². The van der Waals surface area contributed by atoms with E-state index in [0.717, 1.165) is 11.1 Å². The van der Waals surface area contributed by atoms with Crippen LogP contribution in [0.1, 0.15) is 17.5 Å². The van der Waals surface area contributed by atoms with Gasteiger partial charge in [0, 0.05) is 6.42 Å². The monoisotopic (exact) mass is 532 g/mol. The van der Waals surface area contributed by atoms with Crippen molar-refractivity contribution in [3.63, 3.8) is 0 Å². The van der Waals surface area contributed by atoms with Crippen LogP contribution in [0.5, 0.6) is 5.75 Å². The van der Waals surface area contributed by atoms with Gasteiger partial charge in [0.2, 0.25) is 5.91 Å². The van der Waals surface area contributed by atoms with Gasteiger partial charge < -0.3 is 10.5 Å². The highest BCUT2D eigenvalue weighted by molar-refractivity contribution is 7.92. The predicted octanol–water partition coefficient (Wildman–Crippen LogP) is 4.62. The average Bonchev–Trinajstić information content (AvgIpc) is 3.16. The third-order valence-corrected chi connectivity index (χ3v) is 7.69. The Balaban J connectivity index is 1.74. The molecular weight excluding hydrogens is 511 g/mol. The van der Waals surface area contributed by atoms with Crippen molar-refractivity contribution in [2.75, 3.05) is 11.8 Å². The third-order valence-electron chi connectivity index (χ3n) is 5.38. The maximum Gasteiger partial charge on any atom is 0.264 e. The lowest BCUT2D eigenvalue weighted by atomic mass is 10.1. The van der Waals surface area contributed by atoms with Gasteiger partial charge in [0.25, 0.3) is 10.0 Å². The molecule has 3 aromatic carbocycles. The van der Waals surface area contributed by atoms with Gasteiger partial charge in [-0.15, -0.1) is 0 Å². The summed E-state index contributed by atoms with van der Waals surface area (Å²) in [7, 11) is -2.61. The van der Waals surface area contributed by atoms with Gasteiger partial charge in [-0.1, -0.05) is 59.6 Å². The number of ether oxygens (including phenoxy) is 1. The van der Waals surface area contributed by atoms with E-state index in [1.165, 1.54) is 25.3 Å². The van der Waals surface area contributed by atoms with Crippen LogP contribution >= 0.6 is 23.2 Å². The molecule has 4 rings (SSSR count). The van der Waals surface area contributed by atoms with Crippen LogP contribution in [0.3, 0.4) is 0 Å². The molecule has 0 atom stereocenters.